The minimum atomic E-state index is -0.593. The second-order valence-electron chi connectivity index (χ2n) is 5.80. The molecule has 0 spiro atoms. The number of β-amino-alcohol motifs (C(OH)–C–C–N with tert-alkyl or cyclic N) is 1. The first-order chi connectivity index (χ1) is 7.92. The Morgan fingerprint density at radius 1 is 1.35 bits per heavy atom. The van der Waals surface area contributed by atoms with E-state index in [-0.39, 0.29) is 5.41 Å². The lowest BCUT2D eigenvalue weighted by atomic mass is 9.78. The summed E-state index contributed by atoms with van der Waals surface area (Å²) in [5, 5.41) is 19.3. The minimum Gasteiger partial charge on any atom is -0.390 e. The van der Waals surface area contributed by atoms with Gasteiger partial charge in [-0.2, -0.15) is 12.6 Å². The van der Waals surface area contributed by atoms with Crippen LogP contribution in [0.25, 0.3) is 0 Å². The number of aliphatic hydroxyl groups is 2. The molecule has 0 aromatic heterocycles. The Labute approximate surface area is 111 Å². The highest BCUT2D eigenvalue weighted by Gasteiger charge is 2.36. The summed E-state index contributed by atoms with van der Waals surface area (Å²) in [7, 11) is 0. The van der Waals surface area contributed by atoms with E-state index in [1.54, 1.807) is 0 Å². The van der Waals surface area contributed by atoms with Crippen molar-refractivity contribution in [3.63, 3.8) is 0 Å². The number of aliphatic hydroxyl groups excluding tert-OH is 2. The normalized spacial score (nSPS) is 29.3. The van der Waals surface area contributed by atoms with Gasteiger partial charge in [0.2, 0.25) is 0 Å². The van der Waals surface area contributed by atoms with E-state index in [1.807, 2.05) is 0 Å². The van der Waals surface area contributed by atoms with E-state index in [0.717, 1.165) is 25.1 Å². The van der Waals surface area contributed by atoms with Crippen molar-refractivity contribution in [1.29, 1.82) is 0 Å². The Kier molecular flexibility index (Phi) is 5.77. The van der Waals surface area contributed by atoms with Crippen molar-refractivity contribution in [2.24, 2.45) is 5.41 Å². The maximum Gasteiger partial charge on any atom is 0.0926 e. The Hall–Kier alpha value is 0.230. The Balaban J connectivity index is 2.67. The zero-order valence-corrected chi connectivity index (χ0v) is 12.2. The molecule has 0 aliphatic carbocycles. The van der Waals surface area contributed by atoms with E-state index >= 15 is 0 Å². The molecule has 3 nitrogen and oxygen atoms in total. The third kappa shape index (κ3) is 3.85. The number of piperidine rings is 1. The molecule has 102 valence electrons. The predicted molar refractivity (Wildman–Crippen MR) is 74.5 cm³/mol. The molecule has 1 rings (SSSR count). The second kappa shape index (κ2) is 6.41. The van der Waals surface area contributed by atoms with Gasteiger partial charge in [0.25, 0.3) is 0 Å². The zero-order chi connectivity index (χ0) is 13.1. The van der Waals surface area contributed by atoms with Gasteiger partial charge in [-0.05, 0) is 30.4 Å². The van der Waals surface area contributed by atoms with Crippen LogP contribution in [0.1, 0.15) is 40.0 Å². The summed E-state index contributed by atoms with van der Waals surface area (Å²) in [6, 6.07) is 0.455. The highest BCUT2D eigenvalue weighted by atomic mass is 32.1. The first-order valence-electron chi connectivity index (χ1n) is 6.63. The van der Waals surface area contributed by atoms with E-state index in [4.69, 9.17) is 0 Å². The van der Waals surface area contributed by atoms with Gasteiger partial charge in [-0.3, -0.25) is 4.90 Å². The average molecular weight is 261 g/mol. The maximum atomic E-state index is 9.78. The fraction of sp³-hybridized carbons (Fsp3) is 1.00. The number of hydrogen-bond acceptors (Lipinski definition) is 4. The van der Waals surface area contributed by atoms with E-state index in [1.165, 1.54) is 0 Å². The third-order valence-electron chi connectivity index (χ3n) is 4.06. The lowest BCUT2D eigenvalue weighted by Gasteiger charge is -2.45. The molecule has 2 N–H and O–H groups in total. The molecular weight excluding hydrogens is 234 g/mol. The van der Waals surface area contributed by atoms with Crippen molar-refractivity contribution >= 4 is 12.6 Å². The summed E-state index contributed by atoms with van der Waals surface area (Å²) >= 11 is 4.34. The number of nitrogens with zero attached hydrogens (tertiary/aromatic N) is 1. The van der Waals surface area contributed by atoms with Gasteiger partial charge in [0, 0.05) is 19.1 Å². The van der Waals surface area contributed by atoms with Gasteiger partial charge in [0.1, 0.15) is 0 Å². The predicted octanol–water partition coefficient (Wildman–Crippen LogP) is 1.54. The van der Waals surface area contributed by atoms with Crippen molar-refractivity contribution in [1.82, 2.24) is 4.90 Å². The Morgan fingerprint density at radius 3 is 2.47 bits per heavy atom. The third-order valence-corrected chi connectivity index (χ3v) is 4.29. The van der Waals surface area contributed by atoms with E-state index in [2.05, 4.69) is 38.3 Å². The summed E-state index contributed by atoms with van der Waals surface area (Å²) in [6.07, 6.45) is 1.68. The van der Waals surface area contributed by atoms with Crippen molar-refractivity contribution in [3.8, 4) is 0 Å². The van der Waals surface area contributed by atoms with Gasteiger partial charge >= 0.3 is 0 Å². The van der Waals surface area contributed by atoms with Gasteiger partial charge in [0.05, 0.1) is 12.2 Å². The van der Waals surface area contributed by atoms with Gasteiger partial charge < -0.3 is 10.2 Å². The minimum absolute atomic E-state index is 0.207. The standard InChI is InChI=1S/C13H27NO2S/c1-4-12(13(2,3)6-8-17)14-7-5-10(15)11(16)9-14/h10-12,15-17H,4-9H2,1-3H3. The fourth-order valence-electron chi connectivity index (χ4n) is 2.99. The van der Waals surface area contributed by atoms with Crippen LogP contribution in [0.3, 0.4) is 0 Å². The van der Waals surface area contributed by atoms with Crippen LogP contribution in [0.2, 0.25) is 0 Å². The van der Waals surface area contributed by atoms with Crippen LogP contribution in [-0.2, 0) is 0 Å². The van der Waals surface area contributed by atoms with Gasteiger partial charge in [-0.25, -0.2) is 0 Å². The van der Waals surface area contributed by atoms with Crippen molar-refractivity contribution < 1.29 is 10.2 Å². The molecular formula is C13H27NO2S. The first kappa shape index (κ1) is 15.3. The number of likely N-dealkylation sites (tertiary alicyclic amines) is 1. The molecule has 1 aliphatic rings. The van der Waals surface area contributed by atoms with E-state index in [0.29, 0.717) is 19.0 Å². The Bertz CT molecular complexity index is 235. The lowest BCUT2D eigenvalue weighted by molar-refractivity contribution is -0.0651. The molecule has 1 aliphatic heterocycles. The highest BCUT2D eigenvalue weighted by Crippen LogP contribution is 2.33. The van der Waals surface area contributed by atoms with E-state index in [9.17, 15) is 10.2 Å². The summed E-state index contributed by atoms with van der Waals surface area (Å²) in [5.41, 5.74) is 0.207. The maximum absolute atomic E-state index is 9.78. The van der Waals surface area contributed by atoms with Crippen LogP contribution in [0.4, 0.5) is 0 Å². The molecule has 0 aromatic carbocycles. The van der Waals surface area contributed by atoms with Crippen molar-refractivity contribution in [2.45, 2.75) is 58.3 Å². The quantitative estimate of drug-likeness (QED) is 0.658. The number of thiol groups is 1. The molecule has 0 amide bonds. The summed E-state index contributed by atoms with van der Waals surface area (Å²) in [5.74, 6) is 0.891. The second-order valence-corrected chi connectivity index (χ2v) is 6.25. The topological polar surface area (TPSA) is 43.7 Å². The van der Waals surface area contributed by atoms with Crippen molar-refractivity contribution in [3.05, 3.63) is 0 Å². The number of hydrogen-bond donors (Lipinski definition) is 3. The molecule has 1 saturated heterocycles. The van der Waals surface area contributed by atoms with Gasteiger partial charge in [0.15, 0.2) is 0 Å². The fourth-order valence-corrected chi connectivity index (χ4v) is 3.56. The van der Waals surface area contributed by atoms with Crippen molar-refractivity contribution in [2.75, 3.05) is 18.8 Å². The van der Waals surface area contributed by atoms with Crippen LogP contribution in [-0.4, -0.2) is 52.2 Å². The molecule has 0 radical (unpaired) electrons. The summed E-state index contributed by atoms with van der Waals surface area (Å²) in [4.78, 5) is 2.33. The first-order valence-corrected chi connectivity index (χ1v) is 7.26. The van der Waals surface area contributed by atoms with Crippen LogP contribution in [0, 0.1) is 5.41 Å². The molecule has 0 aromatic rings. The highest BCUT2D eigenvalue weighted by molar-refractivity contribution is 7.80. The summed E-state index contributed by atoms with van der Waals surface area (Å²) in [6.45, 7) is 8.22. The molecule has 3 unspecified atom stereocenters. The number of rotatable bonds is 5. The molecule has 17 heavy (non-hydrogen) atoms. The van der Waals surface area contributed by atoms with Gasteiger partial charge in [-0.15, -0.1) is 0 Å². The van der Waals surface area contributed by atoms with Crippen LogP contribution in [0.5, 0.6) is 0 Å². The molecule has 3 atom stereocenters. The van der Waals surface area contributed by atoms with Crippen LogP contribution >= 0.6 is 12.6 Å². The zero-order valence-electron chi connectivity index (χ0n) is 11.3. The monoisotopic (exact) mass is 261 g/mol. The SMILES string of the molecule is CCC(N1CCC(O)C(O)C1)C(C)(C)CCS. The largest absolute Gasteiger partial charge is 0.390 e. The smallest absolute Gasteiger partial charge is 0.0926 e. The summed E-state index contributed by atoms with van der Waals surface area (Å²) < 4.78 is 0. The molecule has 0 bridgehead atoms. The molecule has 4 heteroatoms. The Morgan fingerprint density at radius 2 is 2.00 bits per heavy atom. The lowest BCUT2D eigenvalue weighted by Crippen LogP contribution is -2.54. The average Bonchev–Trinajstić information content (AvgIpc) is 2.23. The molecule has 1 fully saturated rings. The molecule has 0 saturated carbocycles. The van der Waals surface area contributed by atoms with Gasteiger partial charge in [-0.1, -0.05) is 20.8 Å². The molecule has 1 heterocycles. The van der Waals surface area contributed by atoms with Crippen LogP contribution in [0.15, 0.2) is 0 Å². The van der Waals surface area contributed by atoms with E-state index < -0.39 is 12.2 Å². The van der Waals surface area contributed by atoms with Crippen LogP contribution < -0.4 is 0 Å².